The number of carboxylic acids is 1. The highest BCUT2D eigenvalue weighted by Crippen LogP contribution is 2.27. The van der Waals surface area contributed by atoms with Gasteiger partial charge >= 0.3 is 12.1 Å². The van der Waals surface area contributed by atoms with Gasteiger partial charge in [-0.05, 0) is 12.5 Å². The van der Waals surface area contributed by atoms with E-state index in [1.165, 1.54) is 0 Å². The van der Waals surface area contributed by atoms with E-state index < -0.39 is 35.8 Å². The number of aromatic nitrogens is 2. The molecule has 0 saturated carbocycles. The predicted molar refractivity (Wildman–Crippen MR) is 65.8 cm³/mol. The van der Waals surface area contributed by atoms with Gasteiger partial charge in [0.05, 0.1) is 18.6 Å². The van der Waals surface area contributed by atoms with Crippen LogP contribution in [0.4, 0.5) is 13.2 Å². The summed E-state index contributed by atoms with van der Waals surface area (Å²) >= 11 is 0. The van der Waals surface area contributed by atoms with E-state index in [0.29, 0.717) is 13.0 Å². The number of aliphatic carboxylic acids is 1. The second kappa shape index (κ2) is 5.95. The first-order chi connectivity index (χ1) is 10.2. The minimum atomic E-state index is -4.58. The standard InChI is InChI=1S/C12H14F3N3O4/c13-12(14,15)8-1-3-18(17-8)6-9(19)16-11(5-10(20)21)2-4-22-7-11/h1,3H,2,4-7H2,(H,16,19)(H,20,21). The molecule has 1 atom stereocenters. The number of halogens is 3. The maximum Gasteiger partial charge on any atom is 0.435 e. The molecule has 0 radical (unpaired) electrons. The molecule has 0 bridgehead atoms. The lowest BCUT2D eigenvalue weighted by molar-refractivity contribution is -0.142. The summed E-state index contributed by atoms with van der Waals surface area (Å²) in [4.78, 5) is 22.8. The monoisotopic (exact) mass is 321 g/mol. The average molecular weight is 321 g/mol. The van der Waals surface area contributed by atoms with Crippen LogP contribution >= 0.6 is 0 Å². The van der Waals surface area contributed by atoms with Crippen LogP contribution < -0.4 is 5.32 Å². The zero-order valence-electron chi connectivity index (χ0n) is 11.4. The predicted octanol–water partition coefficient (Wildman–Crippen LogP) is 0.652. The molecule has 2 rings (SSSR count). The largest absolute Gasteiger partial charge is 0.481 e. The van der Waals surface area contributed by atoms with Crippen molar-refractivity contribution in [1.29, 1.82) is 0 Å². The van der Waals surface area contributed by atoms with Crippen molar-refractivity contribution in [1.82, 2.24) is 15.1 Å². The molecule has 1 aromatic heterocycles. The molecular weight excluding hydrogens is 307 g/mol. The van der Waals surface area contributed by atoms with E-state index in [9.17, 15) is 22.8 Å². The van der Waals surface area contributed by atoms with Crippen LogP contribution in [0.25, 0.3) is 0 Å². The first-order valence-electron chi connectivity index (χ1n) is 6.41. The smallest absolute Gasteiger partial charge is 0.435 e. The summed E-state index contributed by atoms with van der Waals surface area (Å²) in [5, 5.41) is 14.7. The van der Waals surface area contributed by atoms with Crippen molar-refractivity contribution in [3.63, 3.8) is 0 Å². The lowest BCUT2D eigenvalue weighted by atomic mass is 9.94. The van der Waals surface area contributed by atoms with Crippen molar-refractivity contribution in [2.24, 2.45) is 0 Å². The second-order valence-corrected chi connectivity index (χ2v) is 5.10. The number of ether oxygens (including phenoxy) is 1. The Kier molecular flexibility index (Phi) is 4.40. The van der Waals surface area contributed by atoms with Gasteiger partial charge < -0.3 is 15.2 Å². The van der Waals surface area contributed by atoms with Gasteiger partial charge in [0.2, 0.25) is 5.91 Å². The molecular formula is C12H14F3N3O4. The fourth-order valence-electron chi connectivity index (χ4n) is 2.26. The number of amides is 1. The molecule has 1 aliphatic rings. The lowest BCUT2D eigenvalue weighted by Crippen LogP contribution is -2.51. The summed E-state index contributed by atoms with van der Waals surface area (Å²) in [6, 6.07) is 0.763. The van der Waals surface area contributed by atoms with Gasteiger partial charge in [-0.3, -0.25) is 14.3 Å². The fourth-order valence-corrected chi connectivity index (χ4v) is 2.26. The Hall–Kier alpha value is -2.10. The highest BCUT2D eigenvalue weighted by Gasteiger charge is 2.39. The molecule has 1 unspecified atom stereocenters. The molecule has 1 saturated heterocycles. The van der Waals surface area contributed by atoms with Gasteiger partial charge in [0.15, 0.2) is 5.69 Å². The van der Waals surface area contributed by atoms with Crippen LogP contribution in [-0.2, 0) is 27.0 Å². The van der Waals surface area contributed by atoms with Crippen LogP contribution in [0.15, 0.2) is 12.3 Å². The number of nitrogens with zero attached hydrogens (tertiary/aromatic N) is 2. The minimum Gasteiger partial charge on any atom is -0.481 e. The Bertz CT molecular complexity index is 564. The van der Waals surface area contributed by atoms with Crippen molar-refractivity contribution in [3.8, 4) is 0 Å². The number of carbonyl (C=O) groups excluding carboxylic acids is 1. The SMILES string of the molecule is O=C(O)CC1(NC(=O)Cn2ccc(C(F)(F)F)n2)CCOC1. The average Bonchev–Trinajstić information content (AvgIpc) is 2.97. The van der Waals surface area contributed by atoms with Gasteiger partial charge in [0.1, 0.15) is 6.54 Å². The fraction of sp³-hybridized carbons (Fsp3) is 0.583. The Morgan fingerprint density at radius 3 is 2.73 bits per heavy atom. The lowest BCUT2D eigenvalue weighted by Gasteiger charge is -2.26. The van der Waals surface area contributed by atoms with E-state index in [1.54, 1.807) is 0 Å². The van der Waals surface area contributed by atoms with E-state index in [2.05, 4.69) is 10.4 Å². The maximum absolute atomic E-state index is 12.4. The molecule has 2 heterocycles. The van der Waals surface area contributed by atoms with Gasteiger partial charge in [0, 0.05) is 12.8 Å². The van der Waals surface area contributed by atoms with Crippen molar-refractivity contribution < 1.29 is 32.6 Å². The summed E-state index contributed by atoms with van der Waals surface area (Å²) < 4.78 is 43.2. The Morgan fingerprint density at radius 2 is 2.23 bits per heavy atom. The molecule has 22 heavy (non-hydrogen) atoms. The van der Waals surface area contributed by atoms with Crippen LogP contribution in [0, 0.1) is 0 Å². The van der Waals surface area contributed by atoms with Crippen LogP contribution in [-0.4, -0.2) is 45.5 Å². The Labute approximate surface area is 123 Å². The van der Waals surface area contributed by atoms with Gasteiger partial charge in [0.25, 0.3) is 0 Å². The number of hydrogen-bond donors (Lipinski definition) is 2. The third-order valence-corrected chi connectivity index (χ3v) is 3.23. The number of hydrogen-bond acceptors (Lipinski definition) is 4. The van der Waals surface area contributed by atoms with Crippen molar-refractivity contribution in [3.05, 3.63) is 18.0 Å². The molecule has 7 nitrogen and oxygen atoms in total. The summed E-state index contributed by atoms with van der Waals surface area (Å²) in [6.45, 7) is -0.0665. The number of carbonyl (C=O) groups is 2. The van der Waals surface area contributed by atoms with E-state index in [-0.39, 0.29) is 13.0 Å². The molecule has 1 fully saturated rings. The van der Waals surface area contributed by atoms with E-state index in [4.69, 9.17) is 9.84 Å². The van der Waals surface area contributed by atoms with Crippen LogP contribution in [0.5, 0.6) is 0 Å². The third-order valence-electron chi connectivity index (χ3n) is 3.23. The molecule has 122 valence electrons. The number of carboxylic acid groups (broad SMARTS) is 1. The van der Waals surface area contributed by atoms with Crippen LogP contribution in [0.3, 0.4) is 0 Å². The first kappa shape index (κ1) is 16.3. The van der Waals surface area contributed by atoms with Crippen molar-refractivity contribution in [2.75, 3.05) is 13.2 Å². The third kappa shape index (κ3) is 3.97. The first-order valence-corrected chi connectivity index (χ1v) is 6.41. The van der Waals surface area contributed by atoms with Gasteiger partial charge in [-0.25, -0.2) is 0 Å². The summed E-state index contributed by atoms with van der Waals surface area (Å²) in [5.41, 5.74) is -2.12. The van der Waals surface area contributed by atoms with E-state index >= 15 is 0 Å². The summed E-state index contributed by atoms with van der Waals surface area (Å²) in [7, 11) is 0. The summed E-state index contributed by atoms with van der Waals surface area (Å²) in [5.74, 6) is -1.71. The van der Waals surface area contributed by atoms with Gasteiger partial charge in [-0.15, -0.1) is 0 Å². The van der Waals surface area contributed by atoms with E-state index in [0.717, 1.165) is 16.9 Å². The number of rotatable bonds is 5. The Balaban J connectivity index is 1.99. The molecule has 2 N–H and O–H groups in total. The van der Waals surface area contributed by atoms with E-state index in [1.807, 2.05) is 0 Å². The number of alkyl halides is 3. The quantitative estimate of drug-likeness (QED) is 0.831. The molecule has 1 aliphatic heterocycles. The van der Waals surface area contributed by atoms with Crippen molar-refractivity contribution in [2.45, 2.75) is 31.1 Å². The molecule has 10 heteroatoms. The Morgan fingerprint density at radius 1 is 1.50 bits per heavy atom. The van der Waals surface area contributed by atoms with Crippen molar-refractivity contribution >= 4 is 11.9 Å². The van der Waals surface area contributed by atoms with Gasteiger partial charge in [-0.2, -0.15) is 18.3 Å². The van der Waals surface area contributed by atoms with Crippen LogP contribution in [0.1, 0.15) is 18.5 Å². The zero-order chi connectivity index (χ0) is 16.4. The second-order valence-electron chi connectivity index (χ2n) is 5.10. The minimum absolute atomic E-state index is 0.0535. The molecule has 0 aromatic carbocycles. The molecule has 1 aromatic rings. The summed E-state index contributed by atoms with van der Waals surface area (Å²) in [6.07, 6.45) is -3.52. The maximum atomic E-state index is 12.4. The molecule has 1 amide bonds. The topological polar surface area (TPSA) is 93.5 Å². The zero-order valence-corrected chi connectivity index (χ0v) is 11.4. The van der Waals surface area contributed by atoms with Crippen LogP contribution in [0.2, 0.25) is 0 Å². The number of nitrogens with one attached hydrogen (secondary N) is 1. The normalized spacial score (nSPS) is 21.8. The molecule has 0 aliphatic carbocycles. The highest BCUT2D eigenvalue weighted by molar-refractivity contribution is 5.78. The van der Waals surface area contributed by atoms with Gasteiger partial charge in [-0.1, -0.05) is 0 Å². The molecule has 0 spiro atoms. The highest BCUT2D eigenvalue weighted by atomic mass is 19.4.